The molecule has 3 aromatic rings. The molecule has 5 nitrogen and oxygen atoms in total. The predicted octanol–water partition coefficient (Wildman–Crippen LogP) is 5.86. The van der Waals surface area contributed by atoms with Crippen LogP contribution in [0.5, 0.6) is 5.75 Å². The zero-order valence-corrected chi connectivity index (χ0v) is 19.3. The summed E-state index contributed by atoms with van der Waals surface area (Å²) in [5.41, 5.74) is 1.98. The molecule has 0 saturated carbocycles. The minimum absolute atomic E-state index is 0.0839. The van der Waals surface area contributed by atoms with E-state index in [0.717, 1.165) is 32.8 Å². The van der Waals surface area contributed by atoms with Crippen LogP contribution in [0.3, 0.4) is 0 Å². The summed E-state index contributed by atoms with van der Waals surface area (Å²) in [6, 6.07) is 15.6. The van der Waals surface area contributed by atoms with E-state index >= 15 is 0 Å². The first kappa shape index (κ1) is 21.0. The number of aromatic nitrogens is 2. The maximum Gasteiger partial charge on any atom is 0.186 e. The Kier molecular flexibility index (Phi) is 6.46. The second-order valence-electron chi connectivity index (χ2n) is 6.64. The van der Waals surface area contributed by atoms with Gasteiger partial charge in [-0.2, -0.15) is 0 Å². The summed E-state index contributed by atoms with van der Waals surface area (Å²) in [5.74, 6) is 0.0592. The Bertz CT molecular complexity index is 1110. The van der Waals surface area contributed by atoms with Crippen molar-refractivity contribution in [3.05, 3.63) is 79.1 Å². The highest BCUT2D eigenvalue weighted by molar-refractivity contribution is 9.10. The fourth-order valence-corrected chi connectivity index (χ4v) is 5.12. The fourth-order valence-electron chi connectivity index (χ4n) is 2.90. The minimum Gasteiger partial charge on any atom is -0.489 e. The summed E-state index contributed by atoms with van der Waals surface area (Å²) in [7, 11) is 0. The summed E-state index contributed by atoms with van der Waals surface area (Å²) in [5, 5.41) is 18.2. The molecule has 1 atom stereocenters. The third kappa shape index (κ3) is 4.71. The number of benzene rings is 2. The van der Waals surface area contributed by atoms with Gasteiger partial charge in [-0.1, -0.05) is 58.9 Å². The zero-order valence-electron chi connectivity index (χ0n) is 16.1. The highest BCUT2D eigenvalue weighted by atomic mass is 79.9. The highest BCUT2D eigenvalue weighted by Crippen LogP contribution is 2.41. The molecular weight excluding hydrogens is 482 g/mol. The number of allylic oxidation sites excluding steroid dienone is 1. The molecule has 152 valence electrons. The monoisotopic (exact) mass is 499 g/mol. The second-order valence-corrected chi connectivity index (χ2v) is 9.74. The third-order valence-electron chi connectivity index (χ3n) is 4.52. The lowest BCUT2D eigenvalue weighted by Gasteiger charge is -2.07. The maximum absolute atomic E-state index is 12.8. The van der Waals surface area contributed by atoms with Crippen LogP contribution >= 0.6 is 39.0 Å². The van der Waals surface area contributed by atoms with Gasteiger partial charge in [0, 0.05) is 4.47 Å². The van der Waals surface area contributed by atoms with Crippen LogP contribution < -0.4 is 4.74 Å². The molecule has 0 spiro atoms. The van der Waals surface area contributed by atoms with Gasteiger partial charge in [0.2, 0.25) is 0 Å². The molecular formula is C22H18BrN3O2S2. The number of ether oxygens (including phenoxy) is 1. The van der Waals surface area contributed by atoms with Crippen LogP contribution in [0.1, 0.15) is 34.0 Å². The van der Waals surface area contributed by atoms with Crippen LogP contribution in [0.15, 0.2) is 57.9 Å². The van der Waals surface area contributed by atoms with E-state index in [1.54, 1.807) is 0 Å². The number of aryl methyl sites for hydroxylation is 1. The first-order chi connectivity index (χ1) is 14.5. The van der Waals surface area contributed by atoms with Gasteiger partial charge in [-0.25, -0.2) is 0 Å². The van der Waals surface area contributed by atoms with Crippen LogP contribution in [0.25, 0.3) is 6.08 Å². The van der Waals surface area contributed by atoms with Crippen molar-refractivity contribution in [3.8, 4) is 5.75 Å². The topological polar surface area (TPSA) is 75.9 Å². The molecule has 0 amide bonds. The Morgan fingerprint density at radius 1 is 1.13 bits per heavy atom. The van der Waals surface area contributed by atoms with E-state index in [1.807, 2.05) is 61.5 Å². The molecule has 0 bridgehead atoms. The number of ketones is 1. The fraction of sp³-hybridized carbons (Fsp3) is 0.182. The largest absolute Gasteiger partial charge is 0.489 e. The number of halogens is 1. The number of carbonyl (C=O) groups excluding carboxylic acids is 1. The molecule has 8 heteroatoms. The van der Waals surface area contributed by atoms with Crippen LogP contribution in [0.2, 0.25) is 0 Å². The van der Waals surface area contributed by atoms with Gasteiger partial charge in [-0.15, -0.1) is 21.5 Å². The van der Waals surface area contributed by atoms with Crippen molar-refractivity contribution in [3.63, 3.8) is 0 Å². The Labute approximate surface area is 191 Å². The number of Topliss-reactive ketones (excluding diaryl/α,β-unsaturated/α-hetero) is 1. The van der Waals surface area contributed by atoms with Crippen LogP contribution in [0.4, 0.5) is 0 Å². The molecule has 1 aliphatic heterocycles. The Morgan fingerprint density at radius 3 is 2.53 bits per heavy atom. The number of hydrogen-bond donors (Lipinski definition) is 1. The molecule has 4 rings (SSSR count). The third-order valence-corrected chi connectivity index (χ3v) is 7.17. The molecule has 1 saturated heterocycles. The summed E-state index contributed by atoms with van der Waals surface area (Å²) in [6.45, 7) is 2.49. The predicted molar refractivity (Wildman–Crippen MR) is 125 cm³/mol. The van der Waals surface area contributed by atoms with Gasteiger partial charge in [0.1, 0.15) is 28.3 Å². The van der Waals surface area contributed by atoms with Gasteiger partial charge in [-0.05, 0) is 47.9 Å². The van der Waals surface area contributed by atoms with E-state index in [2.05, 4.69) is 26.1 Å². The molecule has 0 radical (unpaired) electrons. The van der Waals surface area contributed by atoms with Crippen LogP contribution in [-0.2, 0) is 17.8 Å². The second kappa shape index (κ2) is 9.24. The molecule has 2 heterocycles. The lowest BCUT2D eigenvalue weighted by Crippen LogP contribution is -2.11. The van der Waals surface area contributed by atoms with E-state index in [1.165, 1.54) is 23.1 Å². The van der Waals surface area contributed by atoms with Crippen LogP contribution in [-0.4, -0.2) is 21.0 Å². The number of rotatable bonds is 6. The van der Waals surface area contributed by atoms with E-state index in [-0.39, 0.29) is 5.78 Å². The quantitative estimate of drug-likeness (QED) is 0.429. The van der Waals surface area contributed by atoms with Crippen molar-refractivity contribution >= 4 is 55.9 Å². The molecule has 1 fully saturated rings. The lowest BCUT2D eigenvalue weighted by atomic mass is 10.1. The average molecular weight is 500 g/mol. The van der Waals surface area contributed by atoms with Crippen molar-refractivity contribution in [2.75, 3.05) is 0 Å². The standard InChI is InChI=1S/C22H18BrN3O2S2/c1-2-18-25-26-22(30-18)19-20(27)17(29-21(19)24)11-13-5-9-16(10-6-13)28-12-14-3-7-15(23)8-4-14/h3-11,19,24H,2,12H2,1H3/b17-11-,24-21?/t19-/m0/s1. The maximum atomic E-state index is 12.8. The Balaban J connectivity index is 1.43. The first-order valence-electron chi connectivity index (χ1n) is 9.35. The van der Waals surface area contributed by atoms with Gasteiger partial charge >= 0.3 is 0 Å². The normalized spacial score (nSPS) is 17.7. The van der Waals surface area contributed by atoms with Crippen molar-refractivity contribution in [2.24, 2.45) is 0 Å². The number of nitrogens with one attached hydrogen (secondary N) is 1. The van der Waals surface area contributed by atoms with E-state index in [0.29, 0.717) is 21.6 Å². The average Bonchev–Trinajstić information content (AvgIpc) is 3.32. The first-order valence-corrected chi connectivity index (χ1v) is 11.8. The Morgan fingerprint density at radius 2 is 1.87 bits per heavy atom. The minimum atomic E-state index is -0.618. The smallest absolute Gasteiger partial charge is 0.186 e. The van der Waals surface area contributed by atoms with Gasteiger partial charge < -0.3 is 4.74 Å². The van der Waals surface area contributed by atoms with Gasteiger partial charge in [0.25, 0.3) is 0 Å². The zero-order chi connectivity index (χ0) is 21.1. The van der Waals surface area contributed by atoms with Crippen molar-refractivity contribution < 1.29 is 9.53 Å². The van der Waals surface area contributed by atoms with Gasteiger partial charge in [0.15, 0.2) is 5.78 Å². The molecule has 1 aliphatic rings. The SMILES string of the molecule is CCc1nnc([C@@H]2C(=N)S/C(=C\c3ccc(OCc4ccc(Br)cc4)cc3)C2=O)s1. The summed E-state index contributed by atoms with van der Waals surface area (Å²) in [6.07, 6.45) is 2.60. The number of carbonyl (C=O) groups is 1. The molecule has 2 aromatic carbocycles. The molecule has 30 heavy (non-hydrogen) atoms. The molecule has 1 aromatic heterocycles. The number of nitrogens with zero attached hydrogens (tertiary/aromatic N) is 2. The number of hydrogen-bond acceptors (Lipinski definition) is 7. The summed E-state index contributed by atoms with van der Waals surface area (Å²) in [4.78, 5) is 13.4. The van der Waals surface area contributed by atoms with E-state index in [9.17, 15) is 4.79 Å². The van der Waals surface area contributed by atoms with E-state index in [4.69, 9.17) is 10.1 Å². The highest BCUT2D eigenvalue weighted by Gasteiger charge is 2.39. The Hall–Kier alpha value is -2.29. The van der Waals surface area contributed by atoms with Crippen molar-refractivity contribution in [1.29, 1.82) is 5.41 Å². The molecule has 0 unspecified atom stereocenters. The van der Waals surface area contributed by atoms with Crippen LogP contribution in [0, 0.1) is 5.41 Å². The van der Waals surface area contributed by atoms with Crippen molar-refractivity contribution in [1.82, 2.24) is 10.2 Å². The van der Waals surface area contributed by atoms with Gasteiger partial charge in [-0.3, -0.25) is 10.2 Å². The van der Waals surface area contributed by atoms with E-state index < -0.39 is 5.92 Å². The van der Waals surface area contributed by atoms with Gasteiger partial charge in [0.05, 0.1) is 9.95 Å². The lowest BCUT2D eigenvalue weighted by molar-refractivity contribution is -0.114. The number of thioether (sulfide) groups is 1. The molecule has 0 aliphatic carbocycles. The summed E-state index contributed by atoms with van der Waals surface area (Å²) >= 11 is 6.03. The summed E-state index contributed by atoms with van der Waals surface area (Å²) < 4.78 is 6.86. The van der Waals surface area contributed by atoms with Crippen molar-refractivity contribution in [2.45, 2.75) is 25.9 Å². The molecule has 1 N–H and O–H groups in total.